The number of carbonyl (C=O) groups excluding carboxylic acids is 1. The molecular formula is C15H19N3O4. The van der Waals surface area contributed by atoms with Crippen molar-refractivity contribution in [3.8, 4) is 5.75 Å². The number of benzene rings is 1. The number of ether oxygens (including phenoxy) is 2. The second-order valence-electron chi connectivity index (χ2n) is 4.74. The van der Waals surface area contributed by atoms with E-state index in [-0.39, 0.29) is 19.1 Å². The molecule has 0 atom stereocenters. The van der Waals surface area contributed by atoms with Crippen molar-refractivity contribution in [3.05, 3.63) is 41.5 Å². The Morgan fingerprint density at radius 1 is 1.32 bits per heavy atom. The SMILES string of the molecule is COCc1nc(CCNC(=O)COc2ccc(C)cc2)no1. The summed E-state index contributed by atoms with van der Waals surface area (Å²) in [6.45, 7) is 2.67. The Bertz CT molecular complexity index is 595. The molecule has 2 aromatic rings. The summed E-state index contributed by atoms with van der Waals surface area (Å²) in [7, 11) is 1.55. The Morgan fingerprint density at radius 3 is 2.82 bits per heavy atom. The van der Waals surface area contributed by atoms with Crippen molar-refractivity contribution in [1.82, 2.24) is 15.5 Å². The topological polar surface area (TPSA) is 86.5 Å². The molecular weight excluding hydrogens is 286 g/mol. The lowest BCUT2D eigenvalue weighted by molar-refractivity contribution is -0.123. The average Bonchev–Trinajstić information content (AvgIpc) is 2.95. The first-order valence-corrected chi connectivity index (χ1v) is 6.94. The maximum absolute atomic E-state index is 11.7. The summed E-state index contributed by atoms with van der Waals surface area (Å²) in [6.07, 6.45) is 0.490. The van der Waals surface area contributed by atoms with Gasteiger partial charge in [-0.15, -0.1) is 0 Å². The van der Waals surface area contributed by atoms with Crippen LogP contribution in [-0.2, 0) is 22.6 Å². The van der Waals surface area contributed by atoms with E-state index in [9.17, 15) is 4.79 Å². The molecule has 0 saturated carbocycles. The fourth-order valence-corrected chi connectivity index (χ4v) is 1.72. The van der Waals surface area contributed by atoms with Crippen LogP contribution < -0.4 is 10.1 Å². The number of hydrogen-bond acceptors (Lipinski definition) is 6. The van der Waals surface area contributed by atoms with Crippen molar-refractivity contribution in [2.45, 2.75) is 20.0 Å². The maximum atomic E-state index is 11.7. The predicted octanol–water partition coefficient (Wildman–Crippen LogP) is 1.26. The normalized spacial score (nSPS) is 10.5. The molecule has 0 unspecified atom stereocenters. The lowest BCUT2D eigenvalue weighted by atomic mass is 10.2. The first-order valence-electron chi connectivity index (χ1n) is 6.94. The van der Waals surface area contributed by atoms with E-state index in [4.69, 9.17) is 14.0 Å². The van der Waals surface area contributed by atoms with Crippen LogP contribution in [0, 0.1) is 6.92 Å². The van der Waals surface area contributed by atoms with E-state index in [1.54, 1.807) is 7.11 Å². The zero-order valence-electron chi connectivity index (χ0n) is 12.7. The molecule has 7 heteroatoms. The molecule has 0 fully saturated rings. The zero-order valence-corrected chi connectivity index (χ0v) is 12.7. The van der Waals surface area contributed by atoms with E-state index in [0.717, 1.165) is 5.56 Å². The quantitative estimate of drug-likeness (QED) is 0.790. The van der Waals surface area contributed by atoms with Crippen LogP contribution in [0.15, 0.2) is 28.8 Å². The van der Waals surface area contributed by atoms with Gasteiger partial charge in [0.1, 0.15) is 12.4 Å². The number of aromatic nitrogens is 2. The van der Waals surface area contributed by atoms with Gasteiger partial charge in [0.25, 0.3) is 11.8 Å². The van der Waals surface area contributed by atoms with Gasteiger partial charge in [-0.25, -0.2) is 0 Å². The van der Waals surface area contributed by atoms with Gasteiger partial charge in [-0.1, -0.05) is 22.9 Å². The van der Waals surface area contributed by atoms with Crippen LogP contribution >= 0.6 is 0 Å². The fourth-order valence-electron chi connectivity index (χ4n) is 1.72. The lowest BCUT2D eigenvalue weighted by Gasteiger charge is -2.06. The summed E-state index contributed by atoms with van der Waals surface area (Å²) in [5, 5.41) is 6.52. The molecule has 0 bridgehead atoms. The van der Waals surface area contributed by atoms with Crippen molar-refractivity contribution >= 4 is 5.91 Å². The molecule has 0 spiro atoms. The third-order valence-electron chi connectivity index (χ3n) is 2.84. The van der Waals surface area contributed by atoms with E-state index in [1.807, 2.05) is 31.2 Å². The van der Waals surface area contributed by atoms with Crippen LogP contribution in [0.2, 0.25) is 0 Å². The number of hydrogen-bond donors (Lipinski definition) is 1. The van der Waals surface area contributed by atoms with Crippen LogP contribution in [0.3, 0.4) is 0 Å². The van der Waals surface area contributed by atoms with Crippen molar-refractivity contribution in [3.63, 3.8) is 0 Å². The Labute approximate surface area is 128 Å². The second-order valence-corrected chi connectivity index (χ2v) is 4.74. The van der Waals surface area contributed by atoms with Crippen molar-refractivity contribution in [1.29, 1.82) is 0 Å². The lowest BCUT2D eigenvalue weighted by Crippen LogP contribution is -2.30. The van der Waals surface area contributed by atoms with Gasteiger partial charge in [-0.2, -0.15) is 4.98 Å². The molecule has 0 radical (unpaired) electrons. The van der Waals surface area contributed by atoms with E-state index in [2.05, 4.69) is 15.5 Å². The molecule has 1 aromatic carbocycles. The highest BCUT2D eigenvalue weighted by molar-refractivity contribution is 5.77. The number of amides is 1. The molecule has 1 heterocycles. The Morgan fingerprint density at radius 2 is 2.09 bits per heavy atom. The summed E-state index contributed by atoms with van der Waals surface area (Å²) in [5.41, 5.74) is 1.14. The molecule has 0 aliphatic rings. The summed E-state index contributed by atoms with van der Waals surface area (Å²) in [5.74, 6) is 1.43. The summed E-state index contributed by atoms with van der Waals surface area (Å²) in [6, 6.07) is 7.53. The van der Waals surface area contributed by atoms with Gasteiger partial charge in [0, 0.05) is 20.1 Å². The Balaban J connectivity index is 1.65. The minimum Gasteiger partial charge on any atom is -0.484 e. The molecule has 0 saturated heterocycles. The van der Waals surface area contributed by atoms with E-state index in [0.29, 0.717) is 30.4 Å². The maximum Gasteiger partial charge on any atom is 0.257 e. The van der Waals surface area contributed by atoms with Crippen molar-refractivity contribution < 1.29 is 18.8 Å². The van der Waals surface area contributed by atoms with Crippen LogP contribution in [0.25, 0.3) is 0 Å². The van der Waals surface area contributed by atoms with Gasteiger partial charge in [0.2, 0.25) is 0 Å². The fraction of sp³-hybridized carbons (Fsp3) is 0.400. The number of carbonyl (C=O) groups is 1. The zero-order chi connectivity index (χ0) is 15.8. The summed E-state index contributed by atoms with van der Waals surface area (Å²) in [4.78, 5) is 15.8. The molecule has 0 aliphatic heterocycles. The van der Waals surface area contributed by atoms with Gasteiger partial charge in [-0.05, 0) is 19.1 Å². The standard InChI is InChI=1S/C15H19N3O4/c1-11-3-5-12(6-4-11)21-9-14(19)16-8-7-13-17-15(10-20-2)22-18-13/h3-6H,7-10H2,1-2H3,(H,16,19). The first kappa shape index (κ1) is 16.0. The van der Waals surface area contributed by atoms with Crippen LogP contribution in [0.1, 0.15) is 17.3 Å². The number of nitrogens with zero attached hydrogens (tertiary/aromatic N) is 2. The highest BCUT2D eigenvalue weighted by Gasteiger charge is 2.07. The number of nitrogens with one attached hydrogen (secondary N) is 1. The summed E-state index contributed by atoms with van der Waals surface area (Å²) < 4.78 is 15.2. The third kappa shape index (κ3) is 5.17. The smallest absolute Gasteiger partial charge is 0.257 e. The highest BCUT2D eigenvalue weighted by Crippen LogP contribution is 2.10. The Kier molecular flexibility index (Phi) is 5.91. The van der Waals surface area contributed by atoms with E-state index < -0.39 is 0 Å². The first-order chi connectivity index (χ1) is 10.7. The van der Waals surface area contributed by atoms with Crippen molar-refractivity contribution in [2.75, 3.05) is 20.3 Å². The molecule has 1 aromatic heterocycles. The number of aryl methyl sites for hydroxylation is 1. The molecule has 1 N–H and O–H groups in total. The second kappa shape index (κ2) is 8.14. The number of rotatable bonds is 8. The molecule has 7 nitrogen and oxygen atoms in total. The van der Waals surface area contributed by atoms with E-state index in [1.165, 1.54) is 0 Å². The highest BCUT2D eigenvalue weighted by atomic mass is 16.5. The largest absolute Gasteiger partial charge is 0.484 e. The third-order valence-corrected chi connectivity index (χ3v) is 2.84. The molecule has 1 amide bonds. The molecule has 22 heavy (non-hydrogen) atoms. The number of methoxy groups -OCH3 is 1. The molecule has 2 rings (SSSR count). The van der Waals surface area contributed by atoms with E-state index >= 15 is 0 Å². The van der Waals surface area contributed by atoms with Gasteiger partial charge in [0.05, 0.1) is 0 Å². The van der Waals surface area contributed by atoms with Gasteiger partial charge < -0.3 is 19.3 Å². The van der Waals surface area contributed by atoms with Crippen LogP contribution in [-0.4, -0.2) is 36.3 Å². The van der Waals surface area contributed by atoms with Gasteiger partial charge in [-0.3, -0.25) is 4.79 Å². The molecule has 0 aliphatic carbocycles. The van der Waals surface area contributed by atoms with Crippen LogP contribution in [0.4, 0.5) is 0 Å². The minimum atomic E-state index is -0.193. The molecule has 118 valence electrons. The van der Waals surface area contributed by atoms with Crippen LogP contribution in [0.5, 0.6) is 5.75 Å². The average molecular weight is 305 g/mol. The Hall–Kier alpha value is -2.41. The van der Waals surface area contributed by atoms with Gasteiger partial charge >= 0.3 is 0 Å². The predicted molar refractivity (Wildman–Crippen MR) is 78.4 cm³/mol. The van der Waals surface area contributed by atoms with Crippen molar-refractivity contribution in [2.24, 2.45) is 0 Å². The monoisotopic (exact) mass is 305 g/mol. The minimum absolute atomic E-state index is 0.0236. The van der Waals surface area contributed by atoms with Gasteiger partial charge in [0.15, 0.2) is 12.4 Å². The summed E-state index contributed by atoms with van der Waals surface area (Å²) >= 11 is 0.